The van der Waals surface area contributed by atoms with Gasteiger partial charge in [-0.2, -0.15) is 0 Å². The zero-order valence-electron chi connectivity index (χ0n) is 13.8. The maximum absolute atomic E-state index is 12.2. The summed E-state index contributed by atoms with van der Waals surface area (Å²) < 4.78 is 0. The highest BCUT2D eigenvalue weighted by Gasteiger charge is 2.20. The number of carbonyl (C=O) groups is 1. The van der Waals surface area contributed by atoms with Crippen LogP contribution in [0.1, 0.15) is 31.4 Å². The Hall–Kier alpha value is -1.39. The van der Waals surface area contributed by atoms with Gasteiger partial charge in [0.25, 0.3) is 0 Å². The van der Waals surface area contributed by atoms with Gasteiger partial charge in [0.05, 0.1) is 0 Å². The summed E-state index contributed by atoms with van der Waals surface area (Å²) in [5.74, 6) is 0.186. The van der Waals surface area contributed by atoms with E-state index in [0.717, 1.165) is 19.6 Å². The van der Waals surface area contributed by atoms with Gasteiger partial charge >= 0.3 is 0 Å². The summed E-state index contributed by atoms with van der Waals surface area (Å²) in [6.07, 6.45) is 0.487. The van der Waals surface area contributed by atoms with Crippen molar-refractivity contribution in [3.63, 3.8) is 0 Å². The smallest absolute Gasteiger partial charge is 0.224 e. The molecule has 0 fully saturated rings. The Morgan fingerprint density at radius 3 is 2.24 bits per heavy atom. The largest absolute Gasteiger partial charge is 0.343 e. The van der Waals surface area contributed by atoms with Crippen molar-refractivity contribution in [1.82, 2.24) is 9.80 Å². The van der Waals surface area contributed by atoms with Gasteiger partial charge in [-0.05, 0) is 33.4 Å². The van der Waals surface area contributed by atoms with E-state index in [2.05, 4.69) is 36.1 Å². The van der Waals surface area contributed by atoms with E-state index in [1.807, 2.05) is 25.8 Å². The van der Waals surface area contributed by atoms with Gasteiger partial charge in [0.1, 0.15) is 0 Å². The molecule has 21 heavy (non-hydrogen) atoms. The van der Waals surface area contributed by atoms with Crippen LogP contribution in [0.5, 0.6) is 0 Å². The van der Waals surface area contributed by atoms with Gasteiger partial charge in [-0.25, -0.2) is 0 Å². The lowest BCUT2D eigenvalue weighted by Crippen LogP contribution is -2.42. The van der Waals surface area contributed by atoms with Crippen LogP contribution in [0.2, 0.25) is 0 Å². The van der Waals surface area contributed by atoms with Gasteiger partial charge in [-0.3, -0.25) is 9.69 Å². The molecule has 0 aliphatic heterocycles. The molecule has 1 aromatic rings. The molecule has 0 bridgehead atoms. The number of hydrogen-bond donors (Lipinski definition) is 1. The van der Waals surface area contributed by atoms with Crippen LogP contribution in [0.25, 0.3) is 0 Å². The van der Waals surface area contributed by atoms with E-state index in [-0.39, 0.29) is 11.9 Å². The van der Waals surface area contributed by atoms with E-state index < -0.39 is 0 Å². The summed E-state index contributed by atoms with van der Waals surface area (Å²) in [6.45, 7) is 8.92. The van der Waals surface area contributed by atoms with Gasteiger partial charge in [0, 0.05) is 38.6 Å². The summed E-state index contributed by atoms with van der Waals surface area (Å²) in [5.41, 5.74) is 8.38. The summed E-state index contributed by atoms with van der Waals surface area (Å²) in [7, 11) is 2.03. The number of carbonyl (C=O) groups excluding carboxylic acids is 1. The number of likely N-dealkylation sites (N-methyl/N-ethyl adjacent to an activating group) is 1. The Kier molecular flexibility index (Phi) is 7.40. The minimum Gasteiger partial charge on any atom is -0.343 e. The zero-order chi connectivity index (χ0) is 15.8. The van der Waals surface area contributed by atoms with Crippen molar-refractivity contribution < 1.29 is 4.79 Å². The second kappa shape index (κ2) is 8.80. The number of amides is 1. The highest BCUT2D eigenvalue weighted by molar-refractivity contribution is 5.76. The number of rotatable bonds is 8. The topological polar surface area (TPSA) is 49.6 Å². The van der Waals surface area contributed by atoms with Crippen molar-refractivity contribution >= 4 is 5.91 Å². The van der Waals surface area contributed by atoms with E-state index in [0.29, 0.717) is 13.0 Å². The Labute approximate surface area is 128 Å². The number of nitrogens with two attached hydrogens (primary N) is 1. The minimum absolute atomic E-state index is 0.0828. The van der Waals surface area contributed by atoms with Gasteiger partial charge in [0.2, 0.25) is 5.91 Å². The van der Waals surface area contributed by atoms with Gasteiger partial charge in [-0.1, -0.05) is 29.8 Å². The first-order valence-corrected chi connectivity index (χ1v) is 7.75. The predicted molar refractivity (Wildman–Crippen MR) is 88.0 cm³/mol. The van der Waals surface area contributed by atoms with Crippen molar-refractivity contribution in [2.45, 2.75) is 39.8 Å². The molecule has 0 heterocycles. The second-order valence-electron chi connectivity index (χ2n) is 5.56. The molecule has 0 saturated heterocycles. The summed E-state index contributed by atoms with van der Waals surface area (Å²) in [5, 5.41) is 0. The van der Waals surface area contributed by atoms with Crippen LogP contribution in [-0.4, -0.2) is 48.4 Å². The molecular weight excluding hydrogens is 262 g/mol. The Morgan fingerprint density at radius 2 is 1.76 bits per heavy atom. The molecule has 0 aliphatic rings. The normalized spacial score (nSPS) is 12.5. The molecule has 0 aliphatic carbocycles. The third-order valence-electron chi connectivity index (χ3n) is 3.97. The Balaban J connectivity index is 2.62. The maximum atomic E-state index is 12.2. The summed E-state index contributed by atoms with van der Waals surface area (Å²) in [6, 6.07) is 8.57. The Morgan fingerprint density at radius 1 is 1.19 bits per heavy atom. The van der Waals surface area contributed by atoms with Crippen LogP contribution in [0.3, 0.4) is 0 Å². The average Bonchev–Trinajstić information content (AvgIpc) is 2.48. The molecule has 4 heteroatoms. The van der Waals surface area contributed by atoms with E-state index in [1.54, 1.807) is 0 Å². The fraction of sp³-hybridized carbons (Fsp3) is 0.588. The standard InChI is InChI=1S/C17H29N3O/c1-5-20(6-2)17(21)11-16(12-18)19(4)13-15-9-7-14(3)8-10-15/h7-10,16H,5-6,11-13,18H2,1-4H3. The number of aryl methyl sites for hydroxylation is 1. The van der Waals surface area contributed by atoms with Crippen molar-refractivity contribution in [3.05, 3.63) is 35.4 Å². The molecule has 1 unspecified atom stereocenters. The molecule has 0 saturated carbocycles. The number of benzene rings is 1. The quantitative estimate of drug-likeness (QED) is 0.797. The molecule has 1 rings (SSSR count). The van der Waals surface area contributed by atoms with Crippen LogP contribution in [0, 0.1) is 6.92 Å². The van der Waals surface area contributed by atoms with Crippen molar-refractivity contribution in [2.75, 3.05) is 26.7 Å². The summed E-state index contributed by atoms with van der Waals surface area (Å²) in [4.78, 5) is 16.3. The minimum atomic E-state index is 0.0828. The lowest BCUT2D eigenvalue weighted by molar-refractivity contribution is -0.132. The number of nitrogens with zero attached hydrogens (tertiary/aromatic N) is 2. The van der Waals surface area contributed by atoms with E-state index in [9.17, 15) is 4.79 Å². The molecule has 1 atom stereocenters. The van der Waals surface area contributed by atoms with Crippen molar-refractivity contribution in [3.8, 4) is 0 Å². The van der Waals surface area contributed by atoms with Gasteiger partial charge in [-0.15, -0.1) is 0 Å². The molecule has 0 aromatic heterocycles. The summed E-state index contributed by atoms with van der Waals surface area (Å²) >= 11 is 0. The molecule has 0 spiro atoms. The third-order valence-corrected chi connectivity index (χ3v) is 3.97. The zero-order valence-corrected chi connectivity index (χ0v) is 13.8. The van der Waals surface area contributed by atoms with Gasteiger partial charge in [0.15, 0.2) is 0 Å². The second-order valence-corrected chi connectivity index (χ2v) is 5.56. The fourth-order valence-corrected chi connectivity index (χ4v) is 2.44. The maximum Gasteiger partial charge on any atom is 0.224 e. The third kappa shape index (κ3) is 5.48. The average molecular weight is 291 g/mol. The van der Waals surface area contributed by atoms with Gasteiger partial charge < -0.3 is 10.6 Å². The molecule has 0 radical (unpaired) electrons. The Bertz CT molecular complexity index is 426. The SMILES string of the molecule is CCN(CC)C(=O)CC(CN)N(C)Cc1ccc(C)cc1. The van der Waals surface area contributed by atoms with Crippen LogP contribution < -0.4 is 5.73 Å². The monoisotopic (exact) mass is 291 g/mol. The predicted octanol–water partition coefficient (Wildman–Crippen LogP) is 2.01. The van der Waals surface area contributed by atoms with Crippen LogP contribution in [0.4, 0.5) is 0 Å². The van der Waals surface area contributed by atoms with E-state index in [4.69, 9.17) is 5.73 Å². The van der Waals surface area contributed by atoms with Crippen molar-refractivity contribution in [1.29, 1.82) is 0 Å². The fourth-order valence-electron chi connectivity index (χ4n) is 2.44. The number of hydrogen-bond acceptors (Lipinski definition) is 3. The van der Waals surface area contributed by atoms with Crippen LogP contribution in [-0.2, 0) is 11.3 Å². The van der Waals surface area contributed by atoms with Crippen LogP contribution in [0.15, 0.2) is 24.3 Å². The molecule has 1 amide bonds. The van der Waals surface area contributed by atoms with Crippen LogP contribution >= 0.6 is 0 Å². The van der Waals surface area contributed by atoms with E-state index >= 15 is 0 Å². The first-order chi connectivity index (χ1) is 10.0. The van der Waals surface area contributed by atoms with Crippen molar-refractivity contribution in [2.24, 2.45) is 5.73 Å². The highest BCUT2D eigenvalue weighted by Crippen LogP contribution is 2.11. The first-order valence-electron chi connectivity index (χ1n) is 7.75. The van der Waals surface area contributed by atoms with E-state index in [1.165, 1.54) is 11.1 Å². The molecule has 1 aromatic carbocycles. The lowest BCUT2D eigenvalue weighted by Gasteiger charge is -2.29. The first kappa shape index (κ1) is 17.7. The molecular formula is C17H29N3O. The molecule has 118 valence electrons. The highest BCUT2D eigenvalue weighted by atomic mass is 16.2. The lowest BCUT2D eigenvalue weighted by atomic mass is 10.1. The molecule has 4 nitrogen and oxygen atoms in total. The molecule has 2 N–H and O–H groups in total.